The van der Waals surface area contributed by atoms with E-state index in [9.17, 15) is 4.79 Å². The van der Waals surface area contributed by atoms with Gasteiger partial charge in [-0.05, 0) is 12.1 Å². The first-order chi connectivity index (χ1) is 6.27. The topological polar surface area (TPSA) is 51.4 Å². The summed E-state index contributed by atoms with van der Waals surface area (Å²) in [4.78, 5) is 13.5. The Hall–Kier alpha value is -1.90. The fourth-order valence-electron chi connectivity index (χ4n) is 1.24. The maximum atomic E-state index is 10.6. The molecule has 0 amide bonds. The van der Waals surface area contributed by atoms with Crippen LogP contribution in [0, 0.1) is 0 Å². The summed E-state index contributed by atoms with van der Waals surface area (Å²) in [6.45, 7) is 0. The van der Waals surface area contributed by atoms with E-state index in [1.165, 1.54) is 6.20 Å². The third-order valence-corrected chi connectivity index (χ3v) is 1.90. The van der Waals surface area contributed by atoms with Crippen molar-refractivity contribution in [2.45, 2.75) is 0 Å². The molecule has 13 heavy (non-hydrogen) atoms. The van der Waals surface area contributed by atoms with Crippen LogP contribution in [-0.2, 0) is 0 Å². The molecule has 0 saturated heterocycles. The highest BCUT2D eigenvalue weighted by molar-refractivity contribution is 5.90. The number of rotatable bonds is 1. The number of pyridine rings is 1. The van der Waals surface area contributed by atoms with E-state index in [-0.39, 0.29) is 5.56 Å². The minimum absolute atomic E-state index is 0.277. The van der Waals surface area contributed by atoms with Crippen molar-refractivity contribution in [2.24, 2.45) is 0 Å². The van der Waals surface area contributed by atoms with Gasteiger partial charge in [0.1, 0.15) is 5.56 Å². The van der Waals surface area contributed by atoms with Crippen molar-refractivity contribution in [1.82, 2.24) is 0 Å². The van der Waals surface area contributed by atoms with Gasteiger partial charge in [-0.1, -0.05) is 12.1 Å². The predicted molar refractivity (Wildman–Crippen MR) is 47.5 cm³/mol. The molecule has 0 saturated carbocycles. The number of fused-ring (bicyclic) bond motifs is 1. The maximum absolute atomic E-state index is 10.6. The summed E-state index contributed by atoms with van der Waals surface area (Å²) in [5.41, 5.74) is 1.21. The van der Waals surface area contributed by atoms with Gasteiger partial charge in [-0.25, -0.2) is 9.78 Å². The highest BCUT2D eigenvalue weighted by Gasteiger charge is 2.07. The summed E-state index contributed by atoms with van der Waals surface area (Å²) < 4.78 is 0. The molecule has 64 valence electrons. The van der Waals surface area contributed by atoms with E-state index in [0.29, 0.717) is 0 Å². The van der Waals surface area contributed by atoms with Crippen LogP contribution in [0.5, 0.6) is 0 Å². The van der Waals surface area contributed by atoms with Crippen LogP contribution >= 0.6 is 0 Å². The molecular formula is C10H8NO2+. The molecule has 0 spiro atoms. The number of aromatic carboxylic acids is 1. The van der Waals surface area contributed by atoms with Crippen molar-refractivity contribution >= 4 is 16.9 Å². The number of benzene rings is 1. The maximum Gasteiger partial charge on any atom is 0.341 e. The Morgan fingerprint density at radius 2 is 2.08 bits per heavy atom. The zero-order chi connectivity index (χ0) is 9.26. The number of hydrogen-bond acceptors (Lipinski definition) is 1. The molecule has 3 heteroatoms. The third-order valence-electron chi connectivity index (χ3n) is 1.90. The largest absolute Gasteiger partial charge is 0.477 e. The number of carbonyl (C=O) groups is 1. The molecule has 1 aromatic carbocycles. The Morgan fingerprint density at radius 1 is 1.31 bits per heavy atom. The van der Waals surface area contributed by atoms with Gasteiger partial charge in [0.2, 0.25) is 5.52 Å². The quantitative estimate of drug-likeness (QED) is 0.709. The van der Waals surface area contributed by atoms with Gasteiger partial charge in [0, 0.05) is 11.5 Å². The SMILES string of the molecule is O=C(O)c1c[nH+]c2ccccc2c1. The van der Waals surface area contributed by atoms with Crippen LogP contribution in [0.4, 0.5) is 0 Å². The van der Waals surface area contributed by atoms with Crippen molar-refractivity contribution < 1.29 is 14.9 Å². The van der Waals surface area contributed by atoms with E-state index in [1.54, 1.807) is 6.07 Å². The van der Waals surface area contributed by atoms with Gasteiger partial charge in [0.05, 0.1) is 0 Å². The van der Waals surface area contributed by atoms with Gasteiger partial charge < -0.3 is 5.11 Å². The minimum Gasteiger partial charge on any atom is -0.477 e. The van der Waals surface area contributed by atoms with Gasteiger partial charge in [0.25, 0.3) is 0 Å². The molecule has 0 atom stereocenters. The average molecular weight is 174 g/mol. The van der Waals surface area contributed by atoms with Gasteiger partial charge >= 0.3 is 5.97 Å². The van der Waals surface area contributed by atoms with Gasteiger partial charge in [0.15, 0.2) is 6.20 Å². The summed E-state index contributed by atoms with van der Waals surface area (Å²) in [5, 5.41) is 9.63. The lowest BCUT2D eigenvalue weighted by Crippen LogP contribution is -2.08. The van der Waals surface area contributed by atoms with Gasteiger partial charge in [-0.15, -0.1) is 0 Å². The fraction of sp³-hybridized carbons (Fsp3) is 0. The molecule has 2 rings (SSSR count). The Kier molecular flexibility index (Phi) is 1.70. The van der Waals surface area contributed by atoms with E-state index < -0.39 is 5.97 Å². The van der Waals surface area contributed by atoms with Crippen LogP contribution in [0.3, 0.4) is 0 Å². The standard InChI is InChI=1S/C10H7NO2/c12-10(13)8-5-7-3-1-2-4-9(7)11-6-8/h1-6H,(H,12,13)/p+1. The lowest BCUT2D eigenvalue weighted by molar-refractivity contribution is -0.344. The molecule has 0 fully saturated rings. The van der Waals surface area contributed by atoms with E-state index in [4.69, 9.17) is 5.11 Å². The molecule has 0 aliphatic heterocycles. The Balaban J connectivity index is 2.69. The van der Waals surface area contributed by atoms with Crippen molar-refractivity contribution in [3.8, 4) is 0 Å². The van der Waals surface area contributed by atoms with Crippen molar-refractivity contribution in [3.05, 3.63) is 42.1 Å². The van der Waals surface area contributed by atoms with Crippen molar-refractivity contribution in [3.63, 3.8) is 0 Å². The second kappa shape index (κ2) is 2.86. The zero-order valence-corrected chi connectivity index (χ0v) is 6.82. The predicted octanol–water partition coefficient (Wildman–Crippen LogP) is 1.35. The van der Waals surface area contributed by atoms with Crippen molar-refractivity contribution in [1.29, 1.82) is 0 Å². The summed E-state index contributed by atoms with van der Waals surface area (Å²) >= 11 is 0. The van der Waals surface area contributed by atoms with Crippen LogP contribution in [0.25, 0.3) is 10.9 Å². The monoisotopic (exact) mass is 174 g/mol. The molecular weight excluding hydrogens is 166 g/mol. The average Bonchev–Trinajstić information content (AvgIpc) is 2.17. The number of aromatic amines is 1. The Labute approximate surface area is 74.7 Å². The Bertz CT molecular complexity index is 465. The van der Waals surface area contributed by atoms with Crippen molar-refractivity contribution in [2.75, 3.05) is 0 Å². The smallest absolute Gasteiger partial charge is 0.341 e. The lowest BCUT2D eigenvalue weighted by Gasteiger charge is -1.92. The second-order valence-electron chi connectivity index (χ2n) is 2.78. The highest BCUT2D eigenvalue weighted by Crippen LogP contribution is 2.09. The number of H-pyrrole nitrogens is 1. The van der Waals surface area contributed by atoms with E-state index >= 15 is 0 Å². The first kappa shape index (κ1) is 7.73. The number of aromatic nitrogens is 1. The van der Waals surface area contributed by atoms with E-state index in [2.05, 4.69) is 4.98 Å². The first-order valence-corrected chi connectivity index (χ1v) is 3.91. The summed E-state index contributed by atoms with van der Waals surface area (Å²) in [5.74, 6) is -0.915. The summed E-state index contributed by atoms with van der Waals surface area (Å²) in [7, 11) is 0. The van der Waals surface area contributed by atoms with Crippen LogP contribution in [0.1, 0.15) is 10.4 Å². The number of nitrogens with one attached hydrogen (secondary N) is 1. The highest BCUT2D eigenvalue weighted by atomic mass is 16.4. The second-order valence-corrected chi connectivity index (χ2v) is 2.78. The van der Waals surface area contributed by atoms with E-state index in [0.717, 1.165) is 10.9 Å². The number of para-hydroxylation sites is 1. The number of carboxylic acids is 1. The van der Waals surface area contributed by atoms with Gasteiger partial charge in [-0.2, -0.15) is 0 Å². The van der Waals surface area contributed by atoms with Crippen LogP contribution in [-0.4, -0.2) is 11.1 Å². The number of carboxylic acid groups (broad SMARTS) is 1. The van der Waals surface area contributed by atoms with E-state index in [1.807, 2.05) is 24.3 Å². The summed E-state index contributed by atoms with van der Waals surface area (Å²) in [6.07, 6.45) is 1.49. The molecule has 2 aromatic rings. The molecule has 3 nitrogen and oxygen atoms in total. The minimum atomic E-state index is -0.915. The molecule has 2 N–H and O–H groups in total. The third kappa shape index (κ3) is 1.36. The van der Waals surface area contributed by atoms with Gasteiger partial charge in [-0.3, -0.25) is 0 Å². The lowest BCUT2D eigenvalue weighted by atomic mass is 10.2. The molecule has 0 unspecified atom stereocenters. The van der Waals surface area contributed by atoms with Crippen LogP contribution < -0.4 is 4.98 Å². The fourth-order valence-corrected chi connectivity index (χ4v) is 1.24. The van der Waals surface area contributed by atoms with Crippen LogP contribution in [0.2, 0.25) is 0 Å². The first-order valence-electron chi connectivity index (χ1n) is 3.91. The zero-order valence-electron chi connectivity index (χ0n) is 6.82. The summed E-state index contributed by atoms with van der Waals surface area (Å²) in [6, 6.07) is 9.20. The molecule has 1 heterocycles. The molecule has 0 aliphatic rings. The molecule has 0 radical (unpaired) electrons. The van der Waals surface area contributed by atoms with Crippen LogP contribution in [0.15, 0.2) is 36.5 Å². The normalized spacial score (nSPS) is 10.2. The molecule has 0 bridgehead atoms. The number of hydrogen-bond donors (Lipinski definition) is 1. The molecule has 0 aliphatic carbocycles. The Morgan fingerprint density at radius 3 is 2.85 bits per heavy atom. The molecule has 1 aromatic heterocycles.